The van der Waals surface area contributed by atoms with Gasteiger partial charge in [0.05, 0.1) is 7.11 Å². The SMILES string of the molecule is COc1ccc(NC(=O)CCNS(=O)(=O)c2cccnc2)cc1S(=O)(=O)N(C)C. The number of anilines is 1. The topological polar surface area (TPSA) is 135 Å². The molecule has 0 aliphatic carbocycles. The molecule has 1 amide bonds. The van der Waals surface area contributed by atoms with Gasteiger partial charge in [0.1, 0.15) is 15.5 Å². The summed E-state index contributed by atoms with van der Waals surface area (Å²) < 4.78 is 57.5. The molecule has 10 nitrogen and oxygen atoms in total. The van der Waals surface area contributed by atoms with Crippen molar-refractivity contribution in [2.75, 3.05) is 33.1 Å². The van der Waals surface area contributed by atoms with Gasteiger partial charge < -0.3 is 10.1 Å². The van der Waals surface area contributed by atoms with Crippen LogP contribution in [0.2, 0.25) is 0 Å². The molecule has 0 spiro atoms. The Morgan fingerprint density at radius 1 is 1.17 bits per heavy atom. The number of hydrogen-bond donors (Lipinski definition) is 2. The van der Waals surface area contributed by atoms with Gasteiger partial charge in [-0.05, 0) is 30.3 Å². The van der Waals surface area contributed by atoms with Crippen LogP contribution < -0.4 is 14.8 Å². The Hall–Kier alpha value is -2.54. The number of nitrogens with zero attached hydrogens (tertiary/aromatic N) is 2. The smallest absolute Gasteiger partial charge is 0.246 e. The van der Waals surface area contributed by atoms with Crippen LogP contribution >= 0.6 is 0 Å². The van der Waals surface area contributed by atoms with E-state index in [1.807, 2.05) is 0 Å². The molecule has 1 aromatic carbocycles. The van der Waals surface area contributed by atoms with Crippen LogP contribution in [-0.4, -0.2) is 59.8 Å². The van der Waals surface area contributed by atoms with Gasteiger partial charge in [-0.2, -0.15) is 0 Å². The lowest BCUT2D eigenvalue weighted by molar-refractivity contribution is -0.116. The van der Waals surface area contributed by atoms with E-state index in [1.165, 1.54) is 63.9 Å². The van der Waals surface area contributed by atoms with Gasteiger partial charge in [-0.1, -0.05) is 0 Å². The first-order chi connectivity index (χ1) is 13.6. The highest BCUT2D eigenvalue weighted by atomic mass is 32.2. The number of nitrogens with one attached hydrogen (secondary N) is 2. The zero-order valence-electron chi connectivity index (χ0n) is 16.1. The third-order valence-corrected chi connectivity index (χ3v) is 7.08. The van der Waals surface area contributed by atoms with Crippen molar-refractivity contribution in [1.82, 2.24) is 14.0 Å². The first-order valence-electron chi connectivity index (χ1n) is 8.38. The number of ether oxygens (including phenoxy) is 1. The maximum Gasteiger partial charge on any atom is 0.246 e. The fourth-order valence-electron chi connectivity index (χ4n) is 2.26. The summed E-state index contributed by atoms with van der Waals surface area (Å²) >= 11 is 0. The maximum atomic E-state index is 12.4. The molecular weight excluding hydrogens is 420 g/mol. The highest BCUT2D eigenvalue weighted by molar-refractivity contribution is 7.89. The molecule has 12 heteroatoms. The third-order valence-electron chi connectivity index (χ3n) is 3.79. The lowest BCUT2D eigenvalue weighted by Gasteiger charge is -2.16. The number of benzene rings is 1. The summed E-state index contributed by atoms with van der Waals surface area (Å²) in [5, 5.41) is 2.55. The van der Waals surface area contributed by atoms with E-state index in [0.717, 1.165) is 4.31 Å². The number of sulfonamides is 2. The van der Waals surface area contributed by atoms with Crippen molar-refractivity contribution >= 4 is 31.6 Å². The number of hydrogen-bond acceptors (Lipinski definition) is 7. The Kier molecular flexibility index (Phi) is 7.30. The van der Waals surface area contributed by atoms with E-state index >= 15 is 0 Å². The number of pyridine rings is 1. The molecule has 2 N–H and O–H groups in total. The predicted octanol–water partition coefficient (Wildman–Crippen LogP) is 0.648. The quantitative estimate of drug-likeness (QED) is 0.582. The molecule has 0 atom stereocenters. The second-order valence-electron chi connectivity index (χ2n) is 6.04. The van der Waals surface area contributed by atoms with Crippen molar-refractivity contribution in [3.8, 4) is 5.75 Å². The van der Waals surface area contributed by atoms with E-state index in [9.17, 15) is 21.6 Å². The van der Waals surface area contributed by atoms with Gasteiger partial charge in [-0.15, -0.1) is 0 Å². The van der Waals surface area contributed by atoms with Gasteiger partial charge in [0.25, 0.3) is 0 Å². The number of rotatable bonds is 9. The fraction of sp³-hybridized carbons (Fsp3) is 0.294. The van der Waals surface area contributed by atoms with E-state index in [-0.39, 0.29) is 34.2 Å². The number of amides is 1. The molecule has 0 bridgehead atoms. The Morgan fingerprint density at radius 2 is 1.90 bits per heavy atom. The van der Waals surface area contributed by atoms with E-state index < -0.39 is 26.0 Å². The molecule has 0 aliphatic heterocycles. The largest absolute Gasteiger partial charge is 0.495 e. The average molecular weight is 443 g/mol. The normalized spacial score (nSPS) is 12.0. The molecule has 1 heterocycles. The van der Waals surface area contributed by atoms with Crippen LogP contribution in [0.3, 0.4) is 0 Å². The van der Waals surface area contributed by atoms with Gasteiger partial charge in [0.2, 0.25) is 26.0 Å². The number of aromatic nitrogens is 1. The Labute approximate surface area is 170 Å². The van der Waals surface area contributed by atoms with Crippen molar-refractivity contribution in [3.63, 3.8) is 0 Å². The minimum Gasteiger partial charge on any atom is -0.495 e. The zero-order valence-corrected chi connectivity index (χ0v) is 17.7. The van der Waals surface area contributed by atoms with Crippen LogP contribution in [0, 0.1) is 0 Å². The Morgan fingerprint density at radius 3 is 2.48 bits per heavy atom. The third kappa shape index (κ3) is 5.73. The molecule has 29 heavy (non-hydrogen) atoms. The van der Waals surface area contributed by atoms with E-state index in [0.29, 0.717) is 0 Å². The van der Waals surface area contributed by atoms with Crippen LogP contribution in [0.5, 0.6) is 5.75 Å². The van der Waals surface area contributed by atoms with Crippen LogP contribution in [0.4, 0.5) is 5.69 Å². The summed E-state index contributed by atoms with van der Waals surface area (Å²) in [6.45, 7) is -0.137. The van der Waals surface area contributed by atoms with Gasteiger partial charge in [0.15, 0.2) is 0 Å². The molecule has 0 saturated heterocycles. The first kappa shape index (κ1) is 22.7. The summed E-state index contributed by atoms with van der Waals surface area (Å²) in [5.74, 6) is -0.349. The number of carbonyl (C=O) groups is 1. The molecule has 2 rings (SSSR count). The van der Waals surface area contributed by atoms with Crippen molar-refractivity contribution in [2.24, 2.45) is 0 Å². The molecule has 2 aromatic rings. The van der Waals surface area contributed by atoms with Gasteiger partial charge >= 0.3 is 0 Å². The molecular formula is C17H22N4O6S2. The highest BCUT2D eigenvalue weighted by Gasteiger charge is 2.23. The average Bonchev–Trinajstić information content (AvgIpc) is 2.68. The lowest BCUT2D eigenvalue weighted by atomic mass is 10.3. The van der Waals surface area contributed by atoms with Crippen molar-refractivity contribution < 1.29 is 26.4 Å². The van der Waals surface area contributed by atoms with E-state index in [2.05, 4.69) is 15.0 Å². The first-order valence-corrected chi connectivity index (χ1v) is 11.3. The predicted molar refractivity (Wildman–Crippen MR) is 107 cm³/mol. The Balaban J connectivity index is 2.04. The number of carbonyl (C=O) groups excluding carboxylic acids is 1. The number of methoxy groups -OCH3 is 1. The molecule has 0 fully saturated rings. The summed E-state index contributed by atoms with van der Waals surface area (Å²) in [7, 11) is -3.44. The van der Waals surface area contributed by atoms with Crippen molar-refractivity contribution in [1.29, 1.82) is 0 Å². The van der Waals surface area contributed by atoms with Crippen LogP contribution in [0.25, 0.3) is 0 Å². The second kappa shape index (κ2) is 9.31. The van der Waals surface area contributed by atoms with Crippen LogP contribution in [0.15, 0.2) is 52.5 Å². The summed E-state index contributed by atoms with van der Waals surface area (Å²) in [5.41, 5.74) is 0.242. The van der Waals surface area contributed by atoms with Crippen LogP contribution in [-0.2, 0) is 24.8 Å². The maximum absolute atomic E-state index is 12.4. The van der Waals surface area contributed by atoms with Crippen molar-refractivity contribution in [2.45, 2.75) is 16.2 Å². The lowest BCUT2D eigenvalue weighted by Crippen LogP contribution is -2.28. The fourth-order valence-corrected chi connectivity index (χ4v) is 4.33. The second-order valence-corrected chi connectivity index (χ2v) is 9.92. The zero-order chi connectivity index (χ0) is 21.7. The molecule has 0 radical (unpaired) electrons. The minimum absolute atomic E-state index is 0.00547. The Bertz CT molecular complexity index is 1070. The molecule has 0 unspecified atom stereocenters. The van der Waals surface area contributed by atoms with E-state index in [4.69, 9.17) is 4.74 Å². The monoisotopic (exact) mass is 442 g/mol. The van der Waals surface area contributed by atoms with Crippen LogP contribution in [0.1, 0.15) is 6.42 Å². The van der Waals surface area contributed by atoms with E-state index in [1.54, 1.807) is 0 Å². The summed E-state index contributed by atoms with van der Waals surface area (Å²) in [6.07, 6.45) is 2.50. The van der Waals surface area contributed by atoms with Crippen molar-refractivity contribution in [3.05, 3.63) is 42.7 Å². The highest BCUT2D eigenvalue weighted by Crippen LogP contribution is 2.28. The minimum atomic E-state index is -3.79. The van der Waals surface area contributed by atoms with Gasteiger partial charge in [0, 0.05) is 45.1 Å². The summed E-state index contributed by atoms with van der Waals surface area (Å²) in [4.78, 5) is 15.8. The molecule has 0 saturated carbocycles. The van der Waals surface area contributed by atoms with Gasteiger partial charge in [-0.25, -0.2) is 25.9 Å². The standard InChI is InChI=1S/C17H22N4O6S2/c1-21(2)29(25,26)16-11-13(6-7-15(16)27-3)20-17(22)8-10-19-28(23,24)14-5-4-9-18-12-14/h4-7,9,11-12,19H,8,10H2,1-3H3,(H,20,22). The molecule has 1 aromatic heterocycles. The summed E-state index contributed by atoms with van der Waals surface area (Å²) in [6, 6.07) is 7.08. The molecule has 158 valence electrons. The van der Waals surface area contributed by atoms with Gasteiger partial charge in [-0.3, -0.25) is 9.78 Å². The molecule has 0 aliphatic rings.